The molecule has 0 aromatic carbocycles. The largest absolute Gasteiger partial charge is 0.382 e. The maximum Gasteiger partial charge on any atom is 0.284 e. The van der Waals surface area contributed by atoms with E-state index in [2.05, 4.69) is 10.6 Å². The van der Waals surface area contributed by atoms with Gasteiger partial charge in [0.05, 0.1) is 23.8 Å². The van der Waals surface area contributed by atoms with Crippen LogP contribution in [0.4, 0.5) is 0 Å². The van der Waals surface area contributed by atoms with E-state index in [0.717, 1.165) is 15.9 Å². The van der Waals surface area contributed by atoms with Crippen LogP contribution in [0.1, 0.15) is 15.4 Å². The molecule has 0 saturated carbocycles. The van der Waals surface area contributed by atoms with E-state index in [-0.39, 0.29) is 5.91 Å². The standard InChI is InChI=1S/C11H15N3O3S/c1-7-8-6-9(18-11(8)14(2)12-7)10(15)13-17-5-4-16-3/h6H,4-5H2,1-3H3,(H,13,15). The minimum atomic E-state index is -0.244. The van der Waals surface area contributed by atoms with Crippen molar-refractivity contribution < 1.29 is 14.4 Å². The minimum absolute atomic E-state index is 0.244. The van der Waals surface area contributed by atoms with Crippen molar-refractivity contribution in [1.82, 2.24) is 15.3 Å². The first-order valence-corrected chi connectivity index (χ1v) is 6.29. The number of aryl methyl sites for hydroxylation is 2. The van der Waals surface area contributed by atoms with Crippen LogP contribution >= 0.6 is 11.3 Å². The quantitative estimate of drug-likeness (QED) is 0.655. The maximum atomic E-state index is 11.8. The van der Waals surface area contributed by atoms with Crippen molar-refractivity contribution in [2.24, 2.45) is 7.05 Å². The molecule has 0 unspecified atom stereocenters. The highest BCUT2D eigenvalue weighted by atomic mass is 32.1. The highest BCUT2D eigenvalue weighted by molar-refractivity contribution is 7.20. The highest BCUT2D eigenvalue weighted by Crippen LogP contribution is 2.27. The summed E-state index contributed by atoms with van der Waals surface area (Å²) in [4.78, 5) is 18.4. The molecule has 2 heterocycles. The normalized spacial score (nSPS) is 11.1. The van der Waals surface area contributed by atoms with Crippen molar-refractivity contribution in [3.05, 3.63) is 16.6 Å². The number of hydrogen-bond donors (Lipinski definition) is 1. The van der Waals surface area contributed by atoms with Crippen LogP contribution in [-0.2, 0) is 16.6 Å². The molecule has 0 bridgehead atoms. The van der Waals surface area contributed by atoms with Crippen molar-refractivity contribution in [2.45, 2.75) is 6.92 Å². The molecule has 0 radical (unpaired) electrons. The van der Waals surface area contributed by atoms with E-state index in [1.807, 2.05) is 20.0 Å². The molecule has 6 nitrogen and oxygen atoms in total. The maximum absolute atomic E-state index is 11.8. The zero-order valence-electron chi connectivity index (χ0n) is 10.5. The smallest absolute Gasteiger partial charge is 0.284 e. The van der Waals surface area contributed by atoms with Gasteiger partial charge in [-0.1, -0.05) is 0 Å². The molecule has 0 aliphatic heterocycles. The number of ether oxygens (including phenoxy) is 1. The Morgan fingerprint density at radius 1 is 1.56 bits per heavy atom. The van der Waals surface area contributed by atoms with Crippen LogP contribution < -0.4 is 5.48 Å². The van der Waals surface area contributed by atoms with Gasteiger partial charge in [-0.15, -0.1) is 11.3 Å². The molecule has 0 fully saturated rings. The monoisotopic (exact) mass is 269 g/mol. The second-order valence-electron chi connectivity index (χ2n) is 3.81. The summed E-state index contributed by atoms with van der Waals surface area (Å²) < 4.78 is 6.59. The molecule has 2 rings (SSSR count). The highest BCUT2D eigenvalue weighted by Gasteiger charge is 2.14. The number of thiophene rings is 1. The van der Waals surface area contributed by atoms with Crippen molar-refractivity contribution in [2.75, 3.05) is 20.3 Å². The Labute approximate surface area is 108 Å². The SMILES string of the molecule is COCCONC(=O)c1cc2c(C)nn(C)c2s1. The fraction of sp³-hybridized carbons (Fsp3) is 0.455. The molecule has 98 valence electrons. The second-order valence-corrected chi connectivity index (χ2v) is 4.84. The van der Waals surface area contributed by atoms with Crippen molar-refractivity contribution in [3.8, 4) is 0 Å². The number of methoxy groups -OCH3 is 1. The molecule has 1 amide bonds. The summed E-state index contributed by atoms with van der Waals surface area (Å²) in [7, 11) is 3.44. The second kappa shape index (κ2) is 5.47. The third kappa shape index (κ3) is 2.53. The number of aromatic nitrogens is 2. The van der Waals surface area contributed by atoms with Gasteiger partial charge in [-0.05, 0) is 13.0 Å². The molecular formula is C11H15N3O3S. The number of nitrogens with one attached hydrogen (secondary N) is 1. The van der Waals surface area contributed by atoms with Gasteiger partial charge in [0.2, 0.25) is 0 Å². The average molecular weight is 269 g/mol. The Morgan fingerprint density at radius 2 is 2.33 bits per heavy atom. The van der Waals surface area contributed by atoms with Crippen LogP contribution in [0.2, 0.25) is 0 Å². The minimum Gasteiger partial charge on any atom is -0.382 e. The first kappa shape index (κ1) is 13.0. The number of rotatable bonds is 5. The number of amides is 1. The van der Waals surface area contributed by atoms with Gasteiger partial charge in [0.15, 0.2) is 0 Å². The fourth-order valence-electron chi connectivity index (χ4n) is 1.61. The lowest BCUT2D eigenvalue weighted by Gasteiger charge is -2.03. The predicted octanol–water partition coefficient (Wildman–Crippen LogP) is 1.25. The van der Waals surface area contributed by atoms with Crippen LogP contribution in [0.15, 0.2) is 6.07 Å². The van der Waals surface area contributed by atoms with Crippen molar-refractivity contribution >= 4 is 27.5 Å². The van der Waals surface area contributed by atoms with Crippen molar-refractivity contribution in [1.29, 1.82) is 0 Å². The Kier molecular flexibility index (Phi) is 3.95. The summed E-state index contributed by atoms with van der Waals surface area (Å²) in [6.45, 7) is 2.69. The van der Waals surface area contributed by atoms with Gasteiger partial charge in [-0.2, -0.15) is 5.10 Å². The molecule has 0 saturated heterocycles. The van der Waals surface area contributed by atoms with Gasteiger partial charge in [0.1, 0.15) is 4.83 Å². The molecule has 18 heavy (non-hydrogen) atoms. The topological polar surface area (TPSA) is 65.4 Å². The summed E-state index contributed by atoms with van der Waals surface area (Å²) in [5.41, 5.74) is 3.30. The molecule has 0 aliphatic rings. The van der Waals surface area contributed by atoms with Gasteiger partial charge in [-0.3, -0.25) is 14.3 Å². The van der Waals surface area contributed by atoms with Gasteiger partial charge >= 0.3 is 0 Å². The Bertz CT molecular complexity index is 527. The number of carbonyl (C=O) groups is 1. The molecule has 0 spiro atoms. The molecule has 2 aromatic rings. The summed E-state index contributed by atoms with van der Waals surface area (Å²) in [5.74, 6) is -0.244. The number of nitrogens with zero attached hydrogens (tertiary/aromatic N) is 2. The zero-order chi connectivity index (χ0) is 13.1. The molecule has 0 aliphatic carbocycles. The zero-order valence-corrected chi connectivity index (χ0v) is 11.3. The first-order valence-electron chi connectivity index (χ1n) is 5.47. The van der Waals surface area contributed by atoms with Crippen LogP contribution in [0.5, 0.6) is 0 Å². The Hall–Kier alpha value is -1.44. The van der Waals surface area contributed by atoms with E-state index in [1.165, 1.54) is 11.3 Å². The molecule has 2 aromatic heterocycles. The number of fused-ring (bicyclic) bond motifs is 1. The summed E-state index contributed by atoms with van der Waals surface area (Å²) in [5, 5.41) is 5.29. The predicted molar refractivity (Wildman–Crippen MR) is 68.6 cm³/mol. The van der Waals surface area contributed by atoms with E-state index >= 15 is 0 Å². The first-order chi connectivity index (χ1) is 8.63. The van der Waals surface area contributed by atoms with Gasteiger partial charge in [-0.25, -0.2) is 5.48 Å². The third-order valence-corrected chi connectivity index (χ3v) is 3.67. The number of carbonyl (C=O) groups excluding carboxylic acids is 1. The summed E-state index contributed by atoms with van der Waals surface area (Å²) >= 11 is 1.39. The van der Waals surface area contributed by atoms with Crippen LogP contribution in [0.25, 0.3) is 10.2 Å². The van der Waals surface area contributed by atoms with E-state index in [4.69, 9.17) is 9.57 Å². The van der Waals surface area contributed by atoms with Crippen LogP contribution in [-0.4, -0.2) is 36.0 Å². The number of hydroxylamine groups is 1. The van der Waals surface area contributed by atoms with E-state index < -0.39 is 0 Å². The Balaban J connectivity index is 2.06. The van der Waals surface area contributed by atoms with E-state index in [9.17, 15) is 4.79 Å². The van der Waals surface area contributed by atoms with E-state index in [0.29, 0.717) is 18.1 Å². The summed E-state index contributed by atoms with van der Waals surface area (Å²) in [6, 6.07) is 1.83. The van der Waals surface area contributed by atoms with E-state index in [1.54, 1.807) is 11.8 Å². The van der Waals surface area contributed by atoms with Crippen LogP contribution in [0, 0.1) is 6.92 Å². The van der Waals surface area contributed by atoms with Gasteiger partial charge in [0, 0.05) is 19.5 Å². The lowest BCUT2D eigenvalue weighted by Crippen LogP contribution is -2.24. The summed E-state index contributed by atoms with van der Waals surface area (Å²) in [6.07, 6.45) is 0. The van der Waals surface area contributed by atoms with Gasteiger partial charge < -0.3 is 4.74 Å². The fourth-order valence-corrected chi connectivity index (χ4v) is 2.62. The lowest BCUT2D eigenvalue weighted by molar-refractivity contribution is 0.00915. The molecule has 0 atom stereocenters. The molecular weight excluding hydrogens is 254 g/mol. The molecule has 1 N–H and O–H groups in total. The lowest BCUT2D eigenvalue weighted by atomic mass is 10.3. The molecule has 7 heteroatoms. The number of hydrogen-bond acceptors (Lipinski definition) is 5. The Morgan fingerprint density at radius 3 is 3.00 bits per heavy atom. The van der Waals surface area contributed by atoms with Crippen LogP contribution in [0.3, 0.4) is 0 Å². The average Bonchev–Trinajstić information content (AvgIpc) is 2.88. The van der Waals surface area contributed by atoms with Crippen molar-refractivity contribution in [3.63, 3.8) is 0 Å². The van der Waals surface area contributed by atoms with Gasteiger partial charge in [0.25, 0.3) is 5.91 Å². The third-order valence-electron chi connectivity index (χ3n) is 2.47.